The van der Waals surface area contributed by atoms with E-state index in [4.69, 9.17) is 9.84 Å². The SMILES string of the molecule is O=C(O)c1ccc(OCC(O)CN2CCc3ccccc3CC2)cc1. The first-order valence-corrected chi connectivity index (χ1v) is 8.55. The fourth-order valence-corrected chi connectivity index (χ4v) is 3.13. The third-order valence-corrected chi connectivity index (χ3v) is 4.53. The van der Waals surface area contributed by atoms with Gasteiger partial charge in [-0.1, -0.05) is 24.3 Å². The molecule has 3 rings (SSSR count). The molecule has 0 spiro atoms. The molecule has 0 radical (unpaired) electrons. The van der Waals surface area contributed by atoms with Crippen molar-refractivity contribution >= 4 is 5.97 Å². The number of β-amino-alcohol motifs (C(OH)–C–C–N with tert-alkyl or cyclic N) is 1. The molecule has 0 saturated carbocycles. The van der Waals surface area contributed by atoms with Crippen molar-refractivity contribution in [3.8, 4) is 5.75 Å². The Hall–Kier alpha value is -2.37. The van der Waals surface area contributed by atoms with Crippen LogP contribution in [-0.2, 0) is 12.8 Å². The molecule has 2 aromatic carbocycles. The molecule has 25 heavy (non-hydrogen) atoms. The van der Waals surface area contributed by atoms with E-state index in [9.17, 15) is 9.90 Å². The third-order valence-electron chi connectivity index (χ3n) is 4.53. The van der Waals surface area contributed by atoms with Crippen molar-refractivity contribution in [1.82, 2.24) is 4.90 Å². The number of fused-ring (bicyclic) bond motifs is 1. The van der Waals surface area contributed by atoms with E-state index >= 15 is 0 Å². The van der Waals surface area contributed by atoms with E-state index in [2.05, 4.69) is 29.2 Å². The number of hydrogen-bond acceptors (Lipinski definition) is 4. The summed E-state index contributed by atoms with van der Waals surface area (Å²) >= 11 is 0. The molecule has 0 saturated heterocycles. The summed E-state index contributed by atoms with van der Waals surface area (Å²) in [6.07, 6.45) is 1.42. The minimum Gasteiger partial charge on any atom is -0.491 e. The summed E-state index contributed by atoms with van der Waals surface area (Å²) in [5.41, 5.74) is 3.01. The average molecular weight is 341 g/mol. The molecule has 1 unspecified atom stereocenters. The van der Waals surface area contributed by atoms with Gasteiger partial charge in [0.25, 0.3) is 0 Å². The summed E-state index contributed by atoms with van der Waals surface area (Å²) in [6, 6.07) is 14.7. The second-order valence-corrected chi connectivity index (χ2v) is 6.36. The maximum Gasteiger partial charge on any atom is 0.335 e. The van der Waals surface area contributed by atoms with E-state index in [1.807, 2.05) is 0 Å². The summed E-state index contributed by atoms with van der Waals surface area (Å²) in [5, 5.41) is 19.1. The maximum absolute atomic E-state index is 10.8. The summed E-state index contributed by atoms with van der Waals surface area (Å²) < 4.78 is 5.57. The van der Waals surface area contributed by atoms with Crippen LogP contribution in [0.25, 0.3) is 0 Å². The lowest BCUT2D eigenvalue weighted by atomic mass is 10.0. The van der Waals surface area contributed by atoms with Gasteiger partial charge in [-0.15, -0.1) is 0 Å². The first-order valence-electron chi connectivity index (χ1n) is 8.55. The largest absolute Gasteiger partial charge is 0.491 e. The quantitative estimate of drug-likeness (QED) is 0.843. The molecule has 0 bridgehead atoms. The van der Waals surface area contributed by atoms with Gasteiger partial charge in [0.2, 0.25) is 0 Å². The predicted molar refractivity (Wildman–Crippen MR) is 95.2 cm³/mol. The summed E-state index contributed by atoms with van der Waals surface area (Å²) in [5.74, 6) is -0.402. The molecule has 2 N–H and O–H groups in total. The van der Waals surface area contributed by atoms with Gasteiger partial charge in [0.05, 0.1) is 5.56 Å². The Bertz CT molecular complexity index is 687. The summed E-state index contributed by atoms with van der Waals surface area (Å²) in [7, 11) is 0. The molecule has 1 aliphatic heterocycles. The highest BCUT2D eigenvalue weighted by molar-refractivity contribution is 5.87. The van der Waals surface area contributed by atoms with Crippen molar-refractivity contribution < 1.29 is 19.7 Å². The lowest BCUT2D eigenvalue weighted by Gasteiger charge is -2.23. The zero-order valence-corrected chi connectivity index (χ0v) is 14.1. The minimum absolute atomic E-state index is 0.190. The van der Waals surface area contributed by atoms with Gasteiger partial charge in [0.15, 0.2) is 0 Å². The van der Waals surface area contributed by atoms with Gasteiger partial charge in [0, 0.05) is 19.6 Å². The van der Waals surface area contributed by atoms with Gasteiger partial charge in [-0.3, -0.25) is 4.90 Å². The van der Waals surface area contributed by atoms with Crippen LogP contribution in [0.4, 0.5) is 0 Å². The molecule has 132 valence electrons. The molecule has 1 atom stereocenters. The molecule has 0 aromatic heterocycles. The lowest BCUT2D eigenvalue weighted by molar-refractivity contribution is 0.0686. The van der Waals surface area contributed by atoms with Crippen LogP contribution in [0.2, 0.25) is 0 Å². The average Bonchev–Trinajstić information content (AvgIpc) is 2.83. The minimum atomic E-state index is -0.964. The number of aromatic carboxylic acids is 1. The molecule has 5 nitrogen and oxygen atoms in total. The molecule has 1 aliphatic rings. The first-order chi connectivity index (χ1) is 12.1. The highest BCUT2D eigenvalue weighted by Crippen LogP contribution is 2.16. The number of aliphatic hydroxyl groups excluding tert-OH is 1. The molecule has 1 heterocycles. The third kappa shape index (κ3) is 4.81. The Balaban J connectivity index is 1.46. The number of benzene rings is 2. The first kappa shape index (κ1) is 17.5. The van der Waals surface area contributed by atoms with E-state index in [0.717, 1.165) is 25.9 Å². The van der Waals surface area contributed by atoms with E-state index in [1.165, 1.54) is 23.3 Å². The van der Waals surface area contributed by atoms with E-state index in [-0.39, 0.29) is 12.2 Å². The normalized spacial score (nSPS) is 15.9. The number of nitrogens with zero attached hydrogens (tertiary/aromatic N) is 1. The number of ether oxygens (including phenoxy) is 1. The van der Waals surface area contributed by atoms with Gasteiger partial charge in [-0.2, -0.15) is 0 Å². The van der Waals surface area contributed by atoms with E-state index in [0.29, 0.717) is 12.3 Å². The molecular formula is C20H23NO4. The Morgan fingerprint density at radius 2 is 1.64 bits per heavy atom. The van der Waals surface area contributed by atoms with Gasteiger partial charge in [-0.05, 0) is 48.2 Å². The topological polar surface area (TPSA) is 70.0 Å². The number of carboxylic acids is 1. The van der Waals surface area contributed by atoms with Crippen molar-refractivity contribution in [2.75, 3.05) is 26.2 Å². The van der Waals surface area contributed by atoms with Crippen LogP contribution in [0.5, 0.6) is 5.75 Å². The molecule has 2 aromatic rings. The summed E-state index contributed by atoms with van der Waals surface area (Å²) in [4.78, 5) is 13.1. The van der Waals surface area contributed by atoms with Crippen LogP contribution >= 0.6 is 0 Å². The van der Waals surface area contributed by atoms with Gasteiger partial charge in [-0.25, -0.2) is 4.79 Å². The number of rotatable bonds is 6. The highest BCUT2D eigenvalue weighted by Gasteiger charge is 2.17. The van der Waals surface area contributed by atoms with Crippen molar-refractivity contribution in [3.63, 3.8) is 0 Å². The zero-order chi connectivity index (χ0) is 17.6. The van der Waals surface area contributed by atoms with Crippen LogP contribution in [0, 0.1) is 0 Å². The van der Waals surface area contributed by atoms with Crippen molar-refractivity contribution in [2.45, 2.75) is 18.9 Å². The van der Waals surface area contributed by atoms with Gasteiger partial charge >= 0.3 is 5.97 Å². The number of carboxylic acid groups (broad SMARTS) is 1. The van der Waals surface area contributed by atoms with Crippen LogP contribution in [0.3, 0.4) is 0 Å². The smallest absolute Gasteiger partial charge is 0.335 e. The van der Waals surface area contributed by atoms with Crippen LogP contribution < -0.4 is 4.74 Å². The van der Waals surface area contributed by atoms with E-state index in [1.54, 1.807) is 12.1 Å². The Morgan fingerprint density at radius 3 is 2.20 bits per heavy atom. The summed E-state index contributed by atoms with van der Waals surface area (Å²) in [6.45, 7) is 2.62. The number of hydrogen-bond donors (Lipinski definition) is 2. The maximum atomic E-state index is 10.8. The molecule has 5 heteroatoms. The second-order valence-electron chi connectivity index (χ2n) is 6.36. The Labute approximate surface area is 147 Å². The number of aliphatic hydroxyl groups is 1. The number of carbonyl (C=O) groups is 1. The van der Waals surface area contributed by atoms with Crippen molar-refractivity contribution in [2.24, 2.45) is 0 Å². The lowest BCUT2D eigenvalue weighted by Crippen LogP contribution is -2.37. The Morgan fingerprint density at radius 1 is 1.04 bits per heavy atom. The monoisotopic (exact) mass is 341 g/mol. The van der Waals surface area contributed by atoms with Crippen LogP contribution in [-0.4, -0.2) is 53.4 Å². The second kappa shape index (κ2) is 8.14. The van der Waals surface area contributed by atoms with Gasteiger partial charge in [0.1, 0.15) is 18.5 Å². The van der Waals surface area contributed by atoms with Gasteiger partial charge < -0.3 is 14.9 Å². The van der Waals surface area contributed by atoms with Crippen LogP contribution in [0.15, 0.2) is 48.5 Å². The van der Waals surface area contributed by atoms with E-state index < -0.39 is 12.1 Å². The predicted octanol–water partition coefficient (Wildman–Crippen LogP) is 2.23. The molecule has 0 aliphatic carbocycles. The van der Waals surface area contributed by atoms with Crippen molar-refractivity contribution in [1.29, 1.82) is 0 Å². The molecule has 0 fully saturated rings. The fourth-order valence-electron chi connectivity index (χ4n) is 3.13. The zero-order valence-electron chi connectivity index (χ0n) is 14.1. The standard InChI is InChI=1S/C20H23NO4/c22-18(14-25-19-7-5-17(6-8-19)20(23)24)13-21-11-9-15-3-1-2-4-16(15)10-12-21/h1-8,18,22H,9-14H2,(H,23,24). The Kier molecular flexibility index (Phi) is 5.68. The molecule has 0 amide bonds. The van der Waals surface area contributed by atoms with Crippen molar-refractivity contribution in [3.05, 3.63) is 65.2 Å². The fraction of sp³-hybridized carbons (Fsp3) is 0.350. The molecular weight excluding hydrogens is 318 g/mol. The highest BCUT2D eigenvalue weighted by atomic mass is 16.5. The van der Waals surface area contributed by atoms with Crippen LogP contribution in [0.1, 0.15) is 21.5 Å².